The van der Waals surface area contributed by atoms with E-state index < -0.39 is 0 Å². The third-order valence-electron chi connectivity index (χ3n) is 3.73. The standard InChI is InChI=1S/C18H26N4O/c1-5-6-7-8-23-16-9-13(2)17(14(3)10-16)11-20-22-12-15(4)21-18(22)19/h9-12H,5-8H2,1-4H3,(H2,19,21). The fraction of sp³-hybridized carbons (Fsp3) is 0.444. The highest BCUT2D eigenvalue weighted by Crippen LogP contribution is 2.21. The van der Waals surface area contributed by atoms with Gasteiger partial charge in [-0.2, -0.15) is 5.10 Å². The first-order valence-corrected chi connectivity index (χ1v) is 8.11. The maximum absolute atomic E-state index is 5.83. The van der Waals surface area contributed by atoms with Gasteiger partial charge in [0.1, 0.15) is 5.75 Å². The molecule has 0 spiro atoms. The van der Waals surface area contributed by atoms with Crippen LogP contribution in [0.2, 0.25) is 0 Å². The summed E-state index contributed by atoms with van der Waals surface area (Å²) in [5.74, 6) is 1.32. The summed E-state index contributed by atoms with van der Waals surface area (Å²) in [6.45, 7) is 8.98. The van der Waals surface area contributed by atoms with Crippen molar-refractivity contribution in [3.63, 3.8) is 0 Å². The fourth-order valence-electron chi connectivity index (χ4n) is 2.48. The van der Waals surface area contributed by atoms with Crippen LogP contribution in [-0.2, 0) is 0 Å². The monoisotopic (exact) mass is 314 g/mol. The van der Waals surface area contributed by atoms with Gasteiger partial charge < -0.3 is 10.5 Å². The third-order valence-corrected chi connectivity index (χ3v) is 3.73. The Morgan fingerprint density at radius 3 is 2.48 bits per heavy atom. The van der Waals surface area contributed by atoms with E-state index in [2.05, 4.69) is 43.0 Å². The third kappa shape index (κ3) is 4.58. The second kappa shape index (κ2) is 7.81. The first-order valence-electron chi connectivity index (χ1n) is 8.11. The van der Waals surface area contributed by atoms with E-state index in [1.807, 2.05) is 19.3 Å². The lowest BCUT2D eigenvalue weighted by molar-refractivity contribution is 0.306. The number of imidazole rings is 1. The van der Waals surface area contributed by atoms with Gasteiger partial charge in [-0.05, 0) is 50.5 Å². The van der Waals surface area contributed by atoms with Crippen LogP contribution in [0.5, 0.6) is 5.75 Å². The SMILES string of the molecule is CCCCCOc1cc(C)c(C=Nn2cc(C)nc2N)c(C)c1. The highest BCUT2D eigenvalue weighted by molar-refractivity contribution is 5.84. The van der Waals surface area contributed by atoms with Gasteiger partial charge in [-0.1, -0.05) is 19.8 Å². The molecule has 5 heteroatoms. The van der Waals surface area contributed by atoms with Crippen LogP contribution >= 0.6 is 0 Å². The van der Waals surface area contributed by atoms with Gasteiger partial charge in [0.05, 0.1) is 24.7 Å². The summed E-state index contributed by atoms with van der Waals surface area (Å²) in [5, 5.41) is 4.40. The lowest BCUT2D eigenvalue weighted by atomic mass is 10.0. The second-order valence-electron chi connectivity index (χ2n) is 5.86. The molecule has 0 saturated heterocycles. The Balaban J connectivity index is 2.12. The molecule has 2 rings (SSSR count). The van der Waals surface area contributed by atoms with Gasteiger partial charge in [0.25, 0.3) is 0 Å². The van der Waals surface area contributed by atoms with Crippen molar-refractivity contribution in [3.05, 3.63) is 40.7 Å². The Kier molecular flexibility index (Phi) is 5.79. The van der Waals surface area contributed by atoms with Gasteiger partial charge in [0.15, 0.2) is 0 Å². The zero-order chi connectivity index (χ0) is 16.8. The Morgan fingerprint density at radius 1 is 1.22 bits per heavy atom. The van der Waals surface area contributed by atoms with Gasteiger partial charge in [-0.3, -0.25) is 0 Å². The largest absolute Gasteiger partial charge is 0.494 e. The number of nitrogens with two attached hydrogens (primary N) is 1. The van der Waals surface area contributed by atoms with Crippen molar-refractivity contribution < 1.29 is 4.74 Å². The van der Waals surface area contributed by atoms with Crippen molar-refractivity contribution in [2.45, 2.75) is 47.0 Å². The second-order valence-corrected chi connectivity index (χ2v) is 5.86. The van der Waals surface area contributed by atoms with Crippen LogP contribution in [0.1, 0.15) is 48.6 Å². The highest BCUT2D eigenvalue weighted by Gasteiger charge is 2.05. The average Bonchev–Trinajstić information content (AvgIpc) is 2.81. The minimum Gasteiger partial charge on any atom is -0.494 e. The zero-order valence-electron chi connectivity index (χ0n) is 14.5. The van der Waals surface area contributed by atoms with E-state index in [4.69, 9.17) is 10.5 Å². The minimum absolute atomic E-state index is 0.393. The van der Waals surface area contributed by atoms with E-state index >= 15 is 0 Å². The molecule has 0 unspecified atom stereocenters. The number of benzene rings is 1. The van der Waals surface area contributed by atoms with E-state index in [1.165, 1.54) is 12.8 Å². The topological polar surface area (TPSA) is 65.4 Å². The average molecular weight is 314 g/mol. The van der Waals surface area contributed by atoms with E-state index in [1.54, 1.807) is 4.68 Å². The van der Waals surface area contributed by atoms with Crippen molar-refractivity contribution in [1.82, 2.24) is 9.66 Å². The summed E-state index contributed by atoms with van der Waals surface area (Å²) in [6, 6.07) is 4.12. The summed E-state index contributed by atoms with van der Waals surface area (Å²) >= 11 is 0. The molecule has 0 aliphatic carbocycles. The molecule has 0 radical (unpaired) electrons. The van der Waals surface area contributed by atoms with Crippen molar-refractivity contribution in [3.8, 4) is 5.75 Å². The number of aromatic nitrogens is 2. The molecular formula is C18H26N4O. The number of ether oxygens (including phenoxy) is 1. The van der Waals surface area contributed by atoms with Crippen molar-refractivity contribution >= 4 is 12.2 Å². The number of unbranched alkanes of at least 4 members (excludes halogenated alkanes) is 2. The molecule has 0 atom stereocenters. The number of nitrogens with zero attached hydrogens (tertiary/aromatic N) is 3. The van der Waals surface area contributed by atoms with Crippen molar-refractivity contribution in [2.24, 2.45) is 5.10 Å². The van der Waals surface area contributed by atoms with Gasteiger partial charge >= 0.3 is 0 Å². The maximum Gasteiger partial charge on any atom is 0.221 e. The molecule has 1 heterocycles. The number of anilines is 1. The van der Waals surface area contributed by atoms with E-state index in [9.17, 15) is 0 Å². The summed E-state index contributed by atoms with van der Waals surface area (Å²) < 4.78 is 7.42. The summed E-state index contributed by atoms with van der Waals surface area (Å²) in [7, 11) is 0. The molecule has 2 aromatic rings. The van der Waals surface area contributed by atoms with Gasteiger partial charge in [0.2, 0.25) is 5.95 Å². The lowest BCUT2D eigenvalue weighted by Crippen LogP contribution is -2.01. The molecule has 0 fully saturated rings. The first-order chi connectivity index (χ1) is 11.0. The van der Waals surface area contributed by atoms with E-state index in [0.717, 1.165) is 41.2 Å². The van der Waals surface area contributed by atoms with E-state index in [-0.39, 0.29) is 0 Å². The maximum atomic E-state index is 5.83. The van der Waals surface area contributed by atoms with Crippen LogP contribution in [0.3, 0.4) is 0 Å². The summed E-state index contributed by atoms with van der Waals surface area (Å²) in [5.41, 5.74) is 10.0. The van der Waals surface area contributed by atoms with Gasteiger partial charge in [-0.25, -0.2) is 9.66 Å². The molecule has 0 amide bonds. The van der Waals surface area contributed by atoms with Crippen LogP contribution < -0.4 is 10.5 Å². The molecule has 0 bridgehead atoms. The zero-order valence-corrected chi connectivity index (χ0v) is 14.5. The fourth-order valence-corrected chi connectivity index (χ4v) is 2.48. The summed E-state index contributed by atoms with van der Waals surface area (Å²) in [6.07, 6.45) is 7.13. The first kappa shape index (κ1) is 17.1. The van der Waals surface area contributed by atoms with E-state index in [0.29, 0.717) is 5.95 Å². The predicted octanol–water partition coefficient (Wildman–Crippen LogP) is 3.84. The smallest absolute Gasteiger partial charge is 0.221 e. The predicted molar refractivity (Wildman–Crippen MR) is 95.3 cm³/mol. The molecule has 1 aromatic carbocycles. The molecule has 124 valence electrons. The Labute approximate surface area is 138 Å². The number of aryl methyl sites for hydroxylation is 3. The summed E-state index contributed by atoms with van der Waals surface area (Å²) in [4.78, 5) is 4.14. The molecule has 2 N–H and O–H groups in total. The molecule has 0 aliphatic heterocycles. The van der Waals surface area contributed by atoms with Crippen molar-refractivity contribution in [1.29, 1.82) is 0 Å². The Hall–Kier alpha value is -2.30. The molecule has 0 aliphatic rings. The van der Waals surface area contributed by atoms with Gasteiger partial charge in [0, 0.05) is 5.56 Å². The molecule has 1 aromatic heterocycles. The molecular weight excluding hydrogens is 288 g/mol. The Bertz CT molecular complexity index is 665. The molecule has 5 nitrogen and oxygen atoms in total. The molecule has 23 heavy (non-hydrogen) atoms. The van der Waals surface area contributed by atoms with Crippen LogP contribution in [0, 0.1) is 20.8 Å². The number of nitrogen functional groups attached to an aromatic ring is 1. The normalized spacial score (nSPS) is 11.3. The highest BCUT2D eigenvalue weighted by atomic mass is 16.5. The number of hydrogen-bond acceptors (Lipinski definition) is 4. The van der Waals surface area contributed by atoms with Crippen LogP contribution in [0.15, 0.2) is 23.4 Å². The van der Waals surface area contributed by atoms with Crippen LogP contribution in [0.4, 0.5) is 5.95 Å². The number of rotatable bonds is 7. The Morgan fingerprint density at radius 2 is 1.91 bits per heavy atom. The molecule has 0 saturated carbocycles. The van der Waals surface area contributed by atoms with Crippen LogP contribution in [-0.4, -0.2) is 22.5 Å². The number of hydrogen-bond donors (Lipinski definition) is 1. The lowest BCUT2D eigenvalue weighted by Gasteiger charge is -2.11. The van der Waals surface area contributed by atoms with Gasteiger partial charge in [-0.15, -0.1) is 0 Å². The quantitative estimate of drug-likeness (QED) is 0.623. The van der Waals surface area contributed by atoms with Crippen LogP contribution in [0.25, 0.3) is 0 Å². The minimum atomic E-state index is 0.393. The van der Waals surface area contributed by atoms with Crippen molar-refractivity contribution in [2.75, 3.05) is 12.3 Å².